The van der Waals surface area contributed by atoms with Gasteiger partial charge in [0.2, 0.25) is 5.91 Å². The number of carbonyl (C=O) groups is 1. The lowest BCUT2D eigenvalue weighted by atomic mass is 10.1. The van der Waals surface area contributed by atoms with E-state index in [0.29, 0.717) is 11.6 Å². The number of nitrogens with one attached hydrogen (secondary N) is 2. The van der Waals surface area contributed by atoms with Gasteiger partial charge in [0.1, 0.15) is 5.76 Å². The van der Waals surface area contributed by atoms with Gasteiger partial charge >= 0.3 is 0 Å². The van der Waals surface area contributed by atoms with Gasteiger partial charge in [0.05, 0.1) is 6.04 Å². The van der Waals surface area contributed by atoms with Gasteiger partial charge in [0.15, 0.2) is 5.82 Å². The van der Waals surface area contributed by atoms with E-state index in [1.54, 1.807) is 13.0 Å². The fourth-order valence-electron chi connectivity index (χ4n) is 1.15. The van der Waals surface area contributed by atoms with Crippen LogP contribution in [0.5, 0.6) is 0 Å². The summed E-state index contributed by atoms with van der Waals surface area (Å²) >= 11 is 0. The first kappa shape index (κ1) is 8.25. The van der Waals surface area contributed by atoms with E-state index >= 15 is 0 Å². The summed E-state index contributed by atoms with van der Waals surface area (Å²) < 4.78 is 4.81. The zero-order valence-electron chi connectivity index (χ0n) is 7.33. The van der Waals surface area contributed by atoms with Gasteiger partial charge in [-0.2, -0.15) is 0 Å². The van der Waals surface area contributed by atoms with E-state index in [-0.39, 0.29) is 11.9 Å². The number of nitrogens with zero attached hydrogens (tertiary/aromatic N) is 1. The number of carbonyl (C=O) groups excluding carboxylic acids is 1. The summed E-state index contributed by atoms with van der Waals surface area (Å²) in [6, 6.07) is 1.63. The predicted molar refractivity (Wildman–Crippen MR) is 46.3 cm³/mol. The molecule has 0 aliphatic carbocycles. The highest BCUT2D eigenvalue weighted by molar-refractivity contribution is 5.94. The molecule has 70 valence electrons. The molecule has 1 fully saturated rings. The van der Waals surface area contributed by atoms with Gasteiger partial charge in [-0.05, 0) is 19.9 Å². The van der Waals surface area contributed by atoms with E-state index in [1.165, 1.54) is 0 Å². The van der Waals surface area contributed by atoms with Crippen LogP contribution < -0.4 is 10.6 Å². The summed E-state index contributed by atoms with van der Waals surface area (Å²) in [5.74, 6) is 1.13. The van der Waals surface area contributed by atoms with Gasteiger partial charge in [-0.1, -0.05) is 5.16 Å². The second-order valence-corrected chi connectivity index (χ2v) is 3.11. The molecule has 0 saturated carbocycles. The minimum atomic E-state index is -0.0583. The summed E-state index contributed by atoms with van der Waals surface area (Å²) in [7, 11) is 0. The molecular formula is C8H11N3O2. The minimum absolute atomic E-state index is 0.0421. The summed E-state index contributed by atoms with van der Waals surface area (Å²) in [6.07, 6.45) is 0.892. The highest BCUT2D eigenvalue weighted by Gasteiger charge is 2.24. The van der Waals surface area contributed by atoms with E-state index in [1.807, 2.05) is 0 Å². The molecule has 2 rings (SSSR count). The van der Waals surface area contributed by atoms with Crippen LogP contribution >= 0.6 is 0 Å². The van der Waals surface area contributed by atoms with Crippen molar-refractivity contribution in [1.82, 2.24) is 10.5 Å². The Morgan fingerprint density at radius 3 is 3.08 bits per heavy atom. The van der Waals surface area contributed by atoms with Crippen molar-refractivity contribution >= 4 is 11.7 Å². The Balaban J connectivity index is 1.93. The number of anilines is 1. The Morgan fingerprint density at radius 1 is 1.85 bits per heavy atom. The molecule has 1 unspecified atom stereocenters. The first-order chi connectivity index (χ1) is 6.25. The molecule has 0 radical (unpaired) electrons. The Morgan fingerprint density at radius 2 is 2.62 bits per heavy atom. The largest absolute Gasteiger partial charge is 0.360 e. The van der Waals surface area contributed by atoms with Gasteiger partial charge < -0.3 is 15.2 Å². The fraction of sp³-hybridized carbons (Fsp3) is 0.500. The van der Waals surface area contributed by atoms with Crippen molar-refractivity contribution < 1.29 is 9.32 Å². The van der Waals surface area contributed by atoms with Gasteiger partial charge in [-0.3, -0.25) is 4.79 Å². The van der Waals surface area contributed by atoms with Crippen molar-refractivity contribution in [2.75, 3.05) is 11.9 Å². The average molecular weight is 181 g/mol. The van der Waals surface area contributed by atoms with Crippen LogP contribution in [0.25, 0.3) is 0 Å². The zero-order chi connectivity index (χ0) is 9.26. The summed E-state index contributed by atoms with van der Waals surface area (Å²) in [5, 5.41) is 9.32. The van der Waals surface area contributed by atoms with Crippen LogP contribution in [0.2, 0.25) is 0 Å². The van der Waals surface area contributed by atoms with Crippen molar-refractivity contribution in [3.05, 3.63) is 11.8 Å². The monoisotopic (exact) mass is 181 g/mol. The van der Waals surface area contributed by atoms with Crippen molar-refractivity contribution in [3.63, 3.8) is 0 Å². The van der Waals surface area contributed by atoms with Crippen molar-refractivity contribution in [2.24, 2.45) is 0 Å². The molecule has 2 heterocycles. The van der Waals surface area contributed by atoms with Gasteiger partial charge in [0, 0.05) is 6.07 Å². The van der Waals surface area contributed by atoms with E-state index in [4.69, 9.17) is 4.52 Å². The number of hydrogen-bond acceptors (Lipinski definition) is 4. The van der Waals surface area contributed by atoms with E-state index in [0.717, 1.165) is 13.0 Å². The smallest absolute Gasteiger partial charge is 0.242 e. The van der Waals surface area contributed by atoms with Gasteiger partial charge in [0.25, 0.3) is 0 Å². The molecule has 1 aliphatic rings. The predicted octanol–water partition coefficient (Wildman–Crippen LogP) is 0.283. The molecule has 0 aromatic carbocycles. The Labute approximate surface area is 75.5 Å². The maximum absolute atomic E-state index is 11.3. The Bertz CT molecular complexity index is 317. The molecule has 13 heavy (non-hydrogen) atoms. The molecule has 2 N–H and O–H groups in total. The third-order valence-electron chi connectivity index (χ3n) is 2.02. The van der Waals surface area contributed by atoms with Crippen molar-refractivity contribution in [3.8, 4) is 0 Å². The van der Waals surface area contributed by atoms with Crippen LogP contribution in [0.4, 0.5) is 5.82 Å². The van der Waals surface area contributed by atoms with E-state index in [2.05, 4.69) is 15.8 Å². The highest BCUT2D eigenvalue weighted by atomic mass is 16.5. The third kappa shape index (κ3) is 1.70. The molecule has 5 nitrogen and oxygen atoms in total. The van der Waals surface area contributed by atoms with Gasteiger partial charge in [-0.25, -0.2) is 0 Å². The molecule has 5 heteroatoms. The maximum atomic E-state index is 11.3. The Hall–Kier alpha value is -1.36. The number of rotatable bonds is 2. The molecule has 1 aromatic heterocycles. The SMILES string of the molecule is Cc1cc(NC(=O)C2CCN2)no1. The third-order valence-corrected chi connectivity index (χ3v) is 2.02. The molecule has 1 amide bonds. The number of aryl methyl sites for hydroxylation is 1. The highest BCUT2D eigenvalue weighted by Crippen LogP contribution is 2.09. The molecule has 0 spiro atoms. The van der Waals surface area contributed by atoms with Gasteiger partial charge in [-0.15, -0.1) is 0 Å². The normalized spacial score (nSPS) is 20.8. The molecular weight excluding hydrogens is 170 g/mol. The lowest BCUT2D eigenvalue weighted by Crippen LogP contribution is -2.50. The summed E-state index contributed by atoms with van der Waals surface area (Å²) in [6.45, 7) is 2.69. The number of aromatic nitrogens is 1. The van der Waals surface area contributed by atoms with Crippen LogP contribution in [0.1, 0.15) is 12.2 Å². The second kappa shape index (κ2) is 3.18. The van der Waals surface area contributed by atoms with Crippen LogP contribution in [-0.2, 0) is 4.79 Å². The molecule has 1 aliphatic heterocycles. The summed E-state index contributed by atoms with van der Waals surface area (Å²) in [4.78, 5) is 11.3. The molecule has 1 atom stereocenters. The van der Waals surface area contributed by atoms with Crippen molar-refractivity contribution in [1.29, 1.82) is 0 Å². The lowest BCUT2D eigenvalue weighted by Gasteiger charge is -2.25. The molecule has 1 saturated heterocycles. The van der Waals surface area contributed by atoms with Crippen molar-refractivity contribution in [2.45, 2.75) is 19.4 Å². The Kier molecular flexibility index (Phi) is 2.02. The van der Waals surface area contributed by atoms with Crippen LogP contribution in [0, 0.1) is 6.92 Å². The van der Waals surface area contributed by atoms with Crippen LogP contribution in [0.15, 0.2) is 10.6 Å². The van der Waals surface area contributed by atoms with E-state index in [9.17, 15) is 4.79 Å². The quantitative estimate of drug-likeness (QED) is 0.687. The standard InChI is InChI=1S/C8H11N3O2/c1-5-4-7(11-13-5)10-8(12)6-2-3-9-6/h4,6,9H,2-3H2,1H3,(H,10,11,12). The van der Waals surface area contributed by atoms with Crippen LogP contribution in [-0.4, -0.2) is 23.7 Å². The second-order valence-electron chi connectivity index (χ2n) is 3.11. The average Bonchev–Trinajstić information content (AvgIpc) is 2.31. The maximum Gasteiger partial charge on any atom is 0.242 e. The molecule has 1 aromatic rings. The first-order valence-corrected chi connectivity index (χ1v) is 4.23. The number of hydrogen-bond donors (Lipinski definition) is 2. The fourth-order valence-corrected chi connectivity index (χ4v) is 1.15. The molecule has 0 bridgehead atoms. The minimum Gasteiger partial charge on any atom is -0.360 e. The first-order valence-electron chi connectivity index (χ1n) is 4.23. The van der Waals surface area contributed by atoms with Crippen LogP contribution in [0.3, 0.4) is 0 Å². The topological polar surface area (TPSA) is 67.2 Å². The zero-order valence-corrected chi connectivity index (χ0v) is 7.33. The van der Waals surface area contributed by atoms with E-state index < -0.39 is 0 Å². The lowest BCUT2D eigenvalue weighted by molar-refractivity contribution is -0.119. The summed E-state index contributed by atoms with van der Waals surface area (Å²) in [5.41, 5.74) is 0. The number of amides is 1.